The highest BCUT2D eigenvalue weighted by Gasteiger charge is 2.37. The van der Waals surface area contributed by atoms with Gasteiger partial charge in [0.15, 0.2) is 0 Å². The minimum atomic E-state index is -0.627. The SMILES string of the molecule is CCCCCC1CC1CC(=O)O. The molecule has 0 aromatic rings. The molecule has 12 heavy (non-hydrogen) atoms. The summed E-state index contributed by atoms with van der Waals surface area (Å²) in [7, 11) is 0. The Bertz CT molecular complexity index is 154. The van der Waals surface area contributed by atoms with Gasteiger partial charge in [0.05, 0.1) is 0 Å². The molecule has 0 spiro atoms. The van der Waals surface area contributed by atoms with Crippen molar-refractivity contribution in [2.24, 2.45) is 11.8 Å². The summed E-state index contributed by atoms with van der Waals surface area (Å²) >= 11 is 0. The number of hydrogen-bond donors (Lipinski definition) is 1. The summed E-state index contributed by atoms with van der Waals surface area (Å²) in [4.78, 5) is 10.3. The van der Waals surface area contributed by atoms with Crippen molar-refractivity contribution in [2.45, 2.75) is 45.4 Å². The quantitative estimate of drug-likeness (QED) is 0.622. The summed E-state index contributed by atoms with van der Waals surface area (Å²) in [6, 6.07) is 0. The van der Waals surface area contributed by atoms with Crippen LogP contribution in [0.5, 0.6) is 0 Å². The van der Waals surface area contributed by atoms with Crippen LogP contribution in [0.25, 0.3) is 0 Å². The summed E-state index contributed by atoms with van der Waals surface area (Å²) < 4.78 is 0. The zero-order valence-corrected chi connectivity index (χ0v) is 7.75. The Morgan fingerprint density at radius 2 is 2.17 bits per heavy atom. The minimum Gasteiger partial charge on any atom is -0.481 e. The van der Waals surface area contributed by atoms with E-state index in [9.17, 15) is 4.79 Å². The van der Waals surface area contributed by atoms with Crippen molar-refractivity contribution >= 4 is 5.97 Å². The molecule has 1 aliphatic carbocycles. The zero-order chi connectivity index (χ0) is 8.97. The van der Waals surface area contributed by atoms with Crippen LogP contribution in [-0.2, 0) is 4.79 Å². The highest BCUT2D eigenvalue weighted by molar-refractivity contribution is 5.67. The molecule has 0 amide bonds. The second-order valence-electron chi connectivity index (χ2n) is 3.85. The molecule has 1 aliphatic rings. The van der Waals surface area contributed by atoms with Crippen LogP contribution in [0.3, 0.4) is 0 Å². The third-order valence-corrected chi connectivity index (χ3v) is 2.68. The third kappa shape index (κ3) is 3.24. The number of carboxylic acid groups (broad SMARTS) is 1. The summed E-state index contributed by atoms with van der Waals surface area (Å²) in [5.74, 6) is 0.630. The van der Waals surface area contributed by atoms with Crippen molar-refractivity contribution in [2.75, 3.05) is 0 Å². The van der Waals surface area contributed by atoms with Crippen molar-refractivity contribution in [3.63, 3.8) is 0 Å². The minimum absolute atomic E-state index is 0.400. The second-order valence-corrected chi connectivity index (χ2v) is 3.85. The summed E-state index contributed by atoms with van der Waals surface area (Å²) in [6.45, 7) is 2.20. The Labute approximate surface area is 74.0 Å². The van der Waals surface area contributed by atoms with Gasteiger partial charge in [-0.05, 0) is 18.3 Å². The number of unbranched alkanes of at least 4 members (excludes halogenated alkanes) is 2. The lowest BCUT2D eigenvalue weighted by Gasteiger charge is -1.96. The second kappa shape index (κ2) is 4.48. The first kappa shape index (κ1) is 9.56. The molecule has 70 valence electrons. The van der Waals surface area contributed by atoms with E-state index in [2.05, 4.69) is 6.92 Å². The molecule has 1 fully saturated rings. The van der Waals surface area contributed by atoms with Crippen LogP contribution in [0.2, 0.25) is 0 Å². The molecule has 0 radical (unpaired) electrons. The van der Waals surface area contributed by atoms with Crippen LogP contribution in [0.4, 0.5) is 0 Å². The Hall–Kier alpha value is -0.530. The Balaban J connectivity index is 1.97. The molecule has 0 aromatic carbocycles. The third-order valence-electron chi connectivity index (χ3n) is 2.68. The van der Waals surface area contributed by atoms with Gasteiger partial charge in [0.25, 0.3) is 0 Å². The van der Waals surface area contributed by atoms with Crippen molar-refractivity contribution in [3.05, 3.63) is 0 Å². The number of hydrogen-bond acceptors (Lipinski definition) is 1. The fourth-order valence-electron chi connectivity index (χ4n) is 1.79. The molecule has 0 aliphatic heterocycles. The first-order valence-corrected chi connectivity index (χ1v) is 4.95. The lowest BCUT2D eigenvalue weighted by Crippen LogP contribution is -1.96. The van der Waals surface area contributed by atoms with Gasteiger partial charge < -0.3 is 5.11 Å². The van der Waals surface area contributed by atoms with E-state index >= 15 is 0 Å². The molecule has 2 nitrogen and oxygen atoms in total. The van der Waals surface area contributed by atoms with Gasteiger partial charge in [-0.15, -0.1) is 0 Å². The van der Waals surface area contributed by atoms with Crippen LogP contribution in [-0.4, -0.2) is 11.1 Å². The largest absolute Gasteiger partial charge is 0.481 e. The predicted molar refractivity (Wildman–Crippen MR) is 48.0 cm³/mol. The summed E-state index contributed by atoms with van der Waals surface area (Å²) in [5.41, 5.74) is 0. The summed E-state index contributed by atoms with van der Waals surface area (Å²) in [5, 5.41) is 8.51. The first-order chi connectivity index (χ1) is 5.74. The van der Waals surface area contributed by atoms with Crippen LogP contribution >= 0.6 is 0 Å². The van der Waals surface area contributed by atoms with Gasteiger partial charge >= 0.3 is 5.97 Å². The van der Waals surface area contributed by atoms with Gasteiger partial charge in [0.2, 0.25) is 0 Å². The predicted octanol–water partition coefficient (Wildman–Crippen LogP) is 2.68. The Morgan fingerprint density at radius 1 is 1.42 bits per heavy atom. The smallest absolute Gasteiger partial charge is 0.303 e. The highest BCUT2D eigenvalue weighted by atomic mass is 16.4. The topological polar surface area (TPSA) is 37.3 Å². The van der Waals surface area contributed by atoms with Gasteiger partial charge in [0, 0.05) is 6.42 Å². The normalized spacial score (nSPS) is 27.1. The van der Waals surface area contributed by atoms with E-state index in [0.717, 1.165) is 12.3 Å². The van der Waals surface area contributed by atoms with Crippen molar-refractivity contribution < 1.29 is 9.90 Å². The molecule has 0 heterocycles. The highest BCUT2D eigenvalue weighted by Crippen LogP contribution is 2.44. The number of aliphatic carboxylic acids is 1. The van der Waals surface area contributed by atoms with Gasteiger partial charge in [0.1, 0.15) is 0 Å². The van der Waals surface area contributed by atoms with Crippen molar-refractivity contribution in [1.82, 2.24) is 0 Å². The van der Waals surface area contributed by atoms with E-state index in [-0.39, 0.29) is 0 Å². The maximum Gasteiger partial charge on any atom is 0.303 e. The molecule has 2 unspecified atom stereocenters. The average molecular weight is 170 g/mol. The molecular weight excluding hydrogens is 152 g/mol. The molecule has 2 atom stereocenters. The van der Waals surface area contributed by atoms with E-state index in [4.69, 9.17) is 5.11 Å². The average Bonchev–Trinajstić information content (AvgIpc) is 2.67. The van der Waals surface area contributed by atoms with Crippen LogP contribution < -0.4 is 0 Å². The Kier molecular flexibility index (Phi) is 3.57. The van der Waals surface area contributed by atoms with E-state index in [0.29, 0.717) is 12.3 Å². The lowest BCUT2D eigenvalue weighted by molar-refractivity contribution is -0.137. The molecular formula is C10H18O2. The van der Waals surface area contributed by atoms with Gasteiger partial charge in [-0.1, -0.05) is 32.6 Å². The molecule has 2 heteroatoms. The number of carboxylic acids is 1. The maximum absolute atomic E-state index is 10.3. The van der Waals surface area contributed by atoms with E-state index in [1.54, 1.807) is 0 Å². The first-order valence-electron chi connectivity index (χ1n) is 4.95. The summed E-state index contributed by atoms with van der Waals surface area (Å²) in [6.07, 6.45) is 6.67. The molecule has 0 bridgehead atoms. The Morgan fingerprint density at radius 3 is 2.75 bits per heavy atom. The molecule has 1 N–H and O–H groups in total. The van der Waals surface area contributed by atoms with E-state index < -0.39 is 5.97 Å². The van der Waals surface area contributed by atoms with Crippen LogP contribution in [0.1, 0.15) is 45.4 Å². The molecule has 0 aromatic heterocycles. The fourth-order valence-corrected chi connectivity index (χ4v) is 1.79. The van der Waals surface area contributed by atoms with E-state index in [1.807, 2.05) is 0 Å². The van der Waals surface area contributed by atoms with Gasteiger partial charge in [-0.25, -0.2) is 0 Å². The van der Waals surface area contributed by atoms with Crippen LogP contribution in [0, 0.1) is 11.8 Å². The van der Waals surface area contributed by atoms with Crippen molar-refractivity contribution in [1.29, 1.82) is 0 Å². The van der Waals surface area contributed by atoms with E-state index in [1.165, 1.54) is 25.7 Å². The van der Waals surface area contributed by atoms with Crippen LogP contribution in [0.15, 0.2) is 0 Å². The zero-order valence-electron chi connectivity index (χ0n) is 7.75. The number of rotatable bonds is 6. The monoisotopic (exact) mass is 170 g/mol. The standard InChI is InChI=1S/C10H18O2/c1-2-3-4-5-8-6-9(8)7-10(11)12/h8-9H,2-7H2,1H3,(H,11,12). The van der Waals surface area contributed by atoms with Crippen molar-refractivity contribution in [3.8, 4) is 0 Å². The number of carbonyl (C=O) groups is 1. The van der Waals surface area contributed by atoms with Gasteiger partial charge in [-0.3, -0.25) is 4.79 Å². The maximum atomic E-state index is 10.3. The van der Waals surface area contributed by atoms with Gasteiger partial charge in [-0.2, -0.15) is 0 Å². The molecule has 1 rings (SSSR count). The molecule has 0 saturated heterocycles. The molecule has 1 saturated carbocycles. The fraction of sp³-hybridized carbons (Fsp3) is 0.900. The lowest BCUT2D eigenvalue weighted by atomic mass is 10.1.